The van der Waals surface area contributed by atoms with E-state index in [2.05, 4.69) is 27.5 Å². The molecule has 288 valence electrons. The van der Waals surface area contributed by atoms with Crippen LogP contribution in [-0.2, 0) is 25.3 Å². The fourth-order valence-corrected chi connectivity index (χ4v) is 6.41. The molecule has 3 amide bonds. The van der Waals surface area contributed by atoms with E-state index < -0.39 is 61.9 Å². The van der Waals surface area contributed by atoms with Crippen molar-refractivity contribution >= 4 is 24.8 Å². The summed E-state index contributed by atoms with van der Waals surface area (Å²) in [6.07, 6.45) is 10.5. The number of carbonyl (C=O) groups is 3. The number of aliphatic hydroxyl groups excluding tert-OH is 3. The van der Waals surface area contributed by atoms with Crippen LogP contribution >= 0.6 is 0 Å². The number of rotatable bonds is 24. The van der Waals surface area contributed by atoms with Gasteiger partial charge in [-0.15, -0.1) is 0 Å². The van der Waals surface area contributed by atoms with Crippen LogP contribution in [0.15, 0.2) is 48.9 Å². The minimum atomic E-state index is -1.39. The molecule has 0 aliphatic carbocycles. The highest BCUT2D eigenvalue weighted by molar-refractivity contribution is 6.47. The van der Waals surface area contributed by atoms with Crippen molar-refractivity contribution in [3.05, 3.63) is 60.2 Å². The lowest BCUT2D eigenvalue weighted by Crippen LogP contribution is -2.55. The van der Waals surface area contributed by atoms with Crippen molar-refractivity contribution in [1.82, 2.24) is 25.5 Å². The van der Waals surface area contributed by atoms with Crippen LogP contribution in [0.25, 0.3) is 0 Å². The molecule has 1 fully saturated rings. The number of aliphatic hydroxyl groups is 3. The van der Waals surface area contributed by atoms with Gasteiger partial charge in [0.1, 0.15) is 17.8 Å². The minimum Gasteiger partial charge on any atom is -0.401 e. The van der Waals surface area contributed by atoms with Gasteiger partial charge in [-0.25, -0.2) is 4.98 Å². The normalized spacial score (nSPS) is 18.1. The number of carbonyl (C=O) groups excluding carboxylic acids is 3. The molecule has 0 radical (unpaired) electrons. The van der Waals surface area contributed by atoms with E-state index in [1.807, 2.05) is 44.2 Å². The molecule has 0 saturated carbocycles. The summed E-state index contributed by atoms with van der Waals surface area (Å²) in [5, 5.41) is 37.6. The van der Waals surface area contributed by atoms with Crippen LogP contribution in [0.4, 0.5) is 0 Å². The van der Waals surface area contributed by atoms with Crippen molar-refractivity contribution in [2.24, 2.45) is 5.92 Å². The Bertz CT molecular complexity index is 1330. The number of hydrogen-bond acceptors (Lipinski definition) is 10. The van der Waals surface area contributed by atoms with Gasteiger partial charge >= 0.3 is 7.12 Å². The maximum Gasteiger partial charge on any atom is 0.481 e. The van der Waals surface area contributed by atoms with Crippen molar-refractivity contribution < 1.29 is 39.0 Å². The quantitative estimate of drug-likeness (QED) is 0.0796. The zero-order valence-electron chi connectivity index (χ0n) is 31.4. The second-order valence-electron chi connectivity index (χ2n) is 14.3. The Morgan fingerprint density at radius 2 is 1.54 bits per heavy atom. The molecular weight excluding hydrogens is 665 g/mol. The first-order valence-electron chi connectivity index (χ1n) is 19.0. The number of likely N-dealkylation sites (N-methyl/N-ethyl adjacent to an activating group) is 1. The topological polar surface area (TPSA) is 183 Å². The molecule has 5 N–H and O–H groups in total. The summed E-state index contributed by atoms with van der Waals surface area (Å²) in [4.78, 5) is 49.3. The Morgan fingerprint density at radius 1 is 0.904 bits per heavy atom. The molecule has 1 aromatic carbocycles. The first kappa shape index (κ1) is 43.0. The minimum absolute atomic E-state index is 0.0591. The van der Waals surface area contributed by atoms with Gasteiger partial charge in [0.05, 0.1) is 37.1 Å². The third kappa shape index (κ3) is 14.5. The van der Waals surface area contributed by atoms with Gasteiger partial charge in [0, 0.05) is 38.8 Å². The van der Waals surface area contributed by atoms with Crippen molar-refractivity contribution in [1.29, 1.82) is 0 Å². The van der Waals surface area contributed by atoms with E-state index >= 15 is 0 Å². The predicted molar refractivity (Wildman–Crippen MR) is 199 cm³/mol. The van der Waals surface area contributed by atoms with Gasteiger partial charge in [-0.05, 0) is 24.3 Å². The van der Waals surface area contributed by atoms with E-state index in [1.54, 1.807) is 7.05 Å². The second kappa shape index (κ2) is 23.3. The summed E-state index contributed by atoms with van der Waals surface area (Å²) >= 11 is 0. The monoisotopic (exact) mass is 725 g/mol. The van der Waals surface area contributed by atoms with E-state index in [9.17, 15) is 29.7 Å². The Balaban J connectivity index is 1.66. The third-order valence-corrected chi connectivity index (χ3v) is 9.31. The third-order valence-electron chi connectivity index (χ3n) is 9.31. The molecule has 1 saturated heterocycles. The fraction of sp³-hybridized carbons (Fsp3) is 0.658. The van der Waals surface area contributed by atoms with Crippen LogP contribution in [0.3, 0.4) is 0 Å². The molecule has 52 heavy (non-hydrogen) atoms. The molecular formula is C38H60BN5O8. The molecule has 2 unspecified atom stereocenters. The molecule has 0 bridgehead atoms. The first-order chi connectivity index (χ1) is 25.0. The Labute approximate surface area is 309 Å². The van der Waals surface area contributed by atoms with E-state index in [-0.39, 0.29) is 30.5 Å². The summed E-state index contributed by atoms with van der Waals surface area (Å²) < 4.78 is 12.3. The lowest BCUT2D eigenvalue weighted by molar-refractivity contribution is -0.132. The Kier molecular flexibility index (Phi) is 19.2. The van der Waals surface area contributed by atoms with Crippen LogP contribution in [0, 0.1) is 5.92 Å². The summed E-state index contributed by atoms with van der Waals surface area (Å²) in [5.74, 6) is -1.85. The highest BCUT2D eigenvalue weighted by atomic mass is 16.7. The standard InChI is InChI=1S/C38H60BN5O8/c1-5-6-7-8-9-10-11-12-16-19-34(48)44(4)25-31(46)35-36(32(47)26-45)52-39(51-35)33(22-27(2)3)43-37(49)29(23-28-17-14-13-15-18-28)42-38(50)30-24-40-20-21-41-30/h13-15,17-18,20-21,24,27,29,31-33,35-36,45-47H,5-12,16,19,22-23,25-26H2,1-4H3,(H,42,50)(H,43,49)/t29-,31+,32?,33-,35?,36+/m0/s1. The number of hydrogen-bond donors (Lipinski definition) is 5. The van der Waals surface area contributed by atoms with Crippen LogP contribution in [0.2, 0.25) is 0 Å². The molecule has 13 nitrogen and oxygen atoms in total. The van der Waals surface area contributed by atoms with Gasteiger partial charge < -0.3 is 40.2 Å². The van der Waals surface area contributed by atoms with Gasteiger partial charge in [0.25, 0.3) is 5.91 Å². The molecule has 0 spiro atoms. The summed E-state index contributed by atoms with van der Waals surface area (Å²) in [6, 6.07) is 8.26. The van der Waals surface area contributed by atoms with Gasteiger partial charge in [-0.1, -0.05) is 102 Å². The molecule has 3 rings (SSSR count). The van der Waals surface area contributed by atoms with E-state index in [0.29, 0.717) is 12.8 Å². The lowest BCUT2D eigenvalue weighted by Gasteiger charge is -2.29. The van der Waals surface area contributed by atoms with Crippen LogP contribution in [-0.4, -0.2) is 112 Å². The number of aromatic nitrogens is 2. The Hall–Kier alpha value is -3.43. The summed E-state index contributed by atoms with van der Waals surface area (Å²) in [7, 11) is 0.516. The Morgan fingerprint density at radius 3 is 2.13 bits per heavy atom. The lowest BCUT2D eigenvalue weighted by atomic mass is 9.74. The largest absolute Gasteiger partial charge is 0.481 e. The van der Waals surface area contributed by atoms with Crippen molar-refractivity contribution in [2.45, 2.75) is 134 Å². The second-order valence-corrected chi connectivity index (χ2v) is 14.3. The molecule has 6 atom stereocenters. The van der Waals surface area contributed by atoms with Crippen LogP contribution < -0.4 is 10.6 Å². The zero-order valence-corrected chi connectivity index (χ0v) is 31.4. The molecule has 1 aliphatic heterocycles. The SMILES string of the molecule is CCCCCCCCCCCC(=O)N(C)C[C@@H](O)C1OB([C@H](CC(C)C)NC(=O)[C@H](Cc2ccccc2)NC(=O)c2cnccn2)O[C@@H]1C(O)CO. The smallest absolute Gasteiger partial charge is 0.401 e. The van der Waals surface area contributed by atoms with Gasteiger partial charge in [-0.2, -0.15) is 0 Å². The molecule has 1 aromatic heterocycles. The van der Waals surface area contributed by atoms with E-state index in [1.165, 1.54) is 62.0 Å². The average Bonchev–Trinajstić information content (AvgIpc) is 3.59. The van der Waals surface area contributed by atoms with Crippen molar-refractivity contribution in [3.63, 3.8) is 0 Å². The fourth-order valence-electron chi connectivity index (χ4n) is 6.41. The van der Waals surface area contributed by atoms with E-state index in [0.717, 1.165) is 24.8 Å². The predicted octanol–water partition coefficient (Wildman–Crippen LogP) is 3.25. The summed E-state index contributed by atoms with van der Waals surface area (Å²) in [6.45, 7) is 5.42. The average molecular weight is 726 g/mol. The van der Waals surface area contributed by atoms with Gasteiger partial charge in [0.15, 0.2) is 0 Å². The van der Waals surface area contributed by atoms with Crippen molar-refractivity contribution in [2.75, 3.05) is 20.2 Å². The highest BCUT2D eigenvalue weighted by Gasteiger charge is 2.50. The van der Waals surface area contributed by atoms with Gasteiger partial charge in [0.2, 0.25) is 11.8 Å². The van der Waals surface area contributed by atoms with Crippen LogP contribution in [0.1, 0.15) is 107 Å². The first-order valence-corrected chi connectivity index (χ1v) is 19.0. The molecule has 14 heteroatoms. The number of amides is 3. The number of nitrogens with one attached hydrogen (secondary N) is 2. The molecule has 1 aliphatic rings. The number of nitrogens with zero attached hydrogens (tertiary/aromatic N) is 3. The highest BCUT2D eigenvalue weighted by Crippen LogP contribution is 2.27. The van der Waals surface area contributed by atoms with Crippen molar-refractivity contribution in [3.8, 4) is 0 Å². The van der Waals surface area contributed by atoms with Crippen LogP contribution in [0.5, 0.6) is 0 Å². The summed E-state index contributed by atoms with van der Waals surface area (Å²) in [5.41, 5.74) is 0.880. The molecule has 2 heterocycles. The maximum absolute atomic E-state index is 13.9. The molecule has 2 aromatic rings. The van der Waals surface area contributed by atoms with E-state index in [4.69, 9.17) is 9.31 Å². The number of unbranched alkanes of at least 4 members (excludes halogenated alkanes) is 8. The number of benzene rings is 1. The zero-order chi connectivity index (χ0) is 37.9. The van der Waals surface area contributed by atoms with Gasteiger partial charge in [-0.3, -0.25) is 19.4 Å². The maximum atomic E-state index is 13.9.